The normalized spacial score (nSPS) is 14.3. The first-order valence-electron chi connectivity index (χ1n) is 5.87. The fourth-order valence-corrected chi connectivity index (χ4v) is 8.62. The summed E-state index contributed by atoms with van der Waals surface area (Å²) in [5.41, 5.74) is 2.55. The average Bonchev–Trinajstić information content (AvgIpc) is 2.39. The molecule has 2 rings (SSSR count). The molecule has 2 aromatic carbocycles. The number of benzene rings is 2. The van der Waals surface area contributed by atoms with E-state index in [0.29, 0.717) is 0 Å². The van der Waals surface area contributed by atoms with E-state index in [4.69, 9.17) is 0 Å². The van der Waals surface area contributed by atoms with Gasteiger partial charge in [-0.15, -0.1) is 0 Å². The van der Waals surface area contributed by atoms with Crippen molar-refractivity contribution in [2.24, 2.45) is 0 Å². The Morgan fingerprint density at radius 2 is 1.26 bits per heavy atom. The van der Waals surface area contributed by atoms with Crippen LogP contribution in [0.4, 0.5) is 0 Å². The Bertz CT molecular complexity index is 529. The van der Waals surface area contributed by atoms with E-state index in [2.05, 4.69) is 36.5 Å². The number of hydrogen-bond donors (Lipinski definition) is 2. The van der Waals surface area contributed by atoms with Crippen LogP contribution in [0.15, 0.2) is 60.7 Å². The van der Waals surface area contributed by atoms with E-state index in [0.717, 1.165) is 11.5 Å². The summed E-state index contributed by atoms with van der Waals surface area (Å²) < 4.78 is -2.12. The Morgan fingerprint density at radius 1 is 0.895 bits per heavy atom. The zero-order chi connectivity index (χ0) is 13.7. The van der Waals surface area contributed by atoms with E-state index in [9.17, 15) is 4.89 Å². The van der Waals surface area contributed by atoms with E-state index < -0.39 is 3.56 Å². The monoisotopic (exact) mass is 393 g/mol. The quantitative estimate of drug-likeness (QED) is 0.456. The van der Waals surface area contributed by atoms with Gasteiger partial charge in [-0.05, 0) is 0 Å². The molecule has 0 aromatic heterocycles. The van der Waals surface area contributed by atoms with Gasteiger partial charge in [-0.1, -0.05) is 0 Å². The third kappa shape index (κ3) is 5.25. The van der Waals surface area contributed by atoms with E-state index in [1.165, 1.54) is 11.1 Å². The Morgan fingerprint density at radius 3 is 1.58 bits per heavy atom. The van der Waals surface area contributed by atoms with Gasteiger partial charge in [0.05, 0.1) is 0 Å². The van der Waals surface area contributed by atoms with Gasteiger partial charge >= 0.3 is 133 Å². The van der Waals surface area contributed by atoms with Gasteiger partial charge < -0.3 is 0 Å². The second kappa shape index (κ2) is 7.29. The Hall–Kier alpha value is 0.218. The minimum atomic E-state index is -2.12. The first-order chi connectivity index (χ1) is 9.05. The second-order valence-electron chi connectivity index (χ2n) is 4.21. The first kappa shape index (κ1) is 15.6. The molecular weight excluding hydrogens is 375 g/mol. The van der Waals surface area contributed by atoms with Crippen molar-refractivity contribution in [3.05, 3.63) is 71.8 Å². The summed E-state index contributed by atoms with van der Waals surface area (Å²) >= 11 is 6.31. The molecule has 19 heavy (non-hydrogen) atoms. The molecule has 0 bridgehead atoms. The molecule has 0 saturated heterocycles. The van der Waals surface area contributed by atoms with Crippen LogP contribution in [0.3, 0.4) is 0 Å². The van der Waals surface area contributed by atoms with Crippen LogP contribution in [0.1, 0.15) is 11.1 Å². The molecule has 5 heteroatoms. The minimum absolute atomic E-state index is 0.108. The van der Waals surface area contributed by atoms with Crippen molar-refractivity contribution >= 4 is 25.9 Å². The molecule has 1 unspecified atom stereocenters. The van der Waals surface area contributed by atoms with Crippen molar-refractivity contribution in [2.45, 2.75) is 11.5 Å². The third-order valence-electron chi connectivity index (χ3n) is 2.69. The average molecular weight is 391 g/mol. The van der Waals surface area contributed by atoms with Crippen molar-refractivity contribution in [3.63, 3.8) is 0 Å². The summed E-state index contributed by atoms with van der Waals surface area (Å²) in [6.45, 7) is 0. The van der Waals surface area contributed by atoms with Gasteiger partial charge in [-0.3, -0.25) is 0 Å². The summed E-state index contributed by atoms with van der Waals surface area (Å²) in [7, 11) is -0.108. The van der Waals surface area contributed by atoms with Crippen LogP contribution in [0.25, 0.3) is 0 Å². The van der Waals surface area contributed by atoms with Gasteiger partial charge in [0, 0.05) is 0 Å². The standard InChI is InChI=1S/C14H16OPS2.Mo/c15-16(17)18(11-13-7-3-1-4-8-13)12-14-9-5-2-6-10-14;/h1-10,15,17H,11-12H2;/q+1;-1. The van der Waals surface area contributed by atoms with Crippen LogP contribution in [0, 0.1) is 0 Å². The van der Waals surface area contributed by atoms with Crippen LogP contribution in [0.5, 0.6) is 0 Å². The molecule has 1 N–H and O–H groups in total. The van der Waals surface area contributed by atoms with E-state index >= 15 is 0 Å². The molecule has 101 valence electrons. The molecule has 2 aromatic rings. The molecule has 0 fully saturated rings. The van der Waals surface area contributed by atoms with Crippen LogP contribution in [-0.4, -0.2) is 4.89 Å². The predicted octanol–water partition coefficient (Wildman–Crippen LogP) is 4.15. The summed E-state index contributed by atoms with van der Waals surface area (Å²) in [6, 6.07) is 20.7. The van der Waals surface area contributed by atoms with Gasteiger partial charge in [-0.2, -0.15) is 0 Å². The van der Waals surface area contributed by atoms with E-state index in [-0.39, 0.29) is 10.1 Å². The summed E-state index contributed by atoms with van der Waals surface area (Å²) in [4.78, 5) is 10.4. The van der Waals surface area contributed by atoms with E-state index in [1.807, 2.05) is 55.7 Å². The van der Waals surface area contributed by atoms with Crippen molar-refractivity contribution < 1.29 is 24.2 Å². The van der Waals surface area contributed by atoms with Crippen LogP contribution in [-0.2, 0) is 40.9 Å². The van der Waals surface area contributed by atoms with Crippen LogP contribution >= 0.6 is 15.8 Å². The molecule has 0 aliphatic carbocycles. The molecule has 1 atom stereocenters. The van der Waals surface area contributed by atoms with Gasteiger partial charge in [0.1, 0.15) is 0 Å². The fourth-order valence-electron chi connectivity index (χ4n) is 1.75. The zero-order valence-electron chi connectivity index (χ0n) is 10.3. The Balaban J connectivity index is 2.25. The Kier molecular flexibility index (Phi) is 5.99. The molecule has 0 aliphatic rings. The summed E-state index contributed by atoms with van der Waals surface area (Å²) in [5, 5.41) is 0. The van der Waals surface area contributed by atoms with Gasteiger partial charge in [0.2, 0.25) is 0 Å². The summed E-state index contributed by atoms with van der Waals surface area (Å²) in [5.74, 6) is 1.81. The summed E-state index contributed by atoms with van der Waals surface area (Å²) in [6.07, 6.45) is 0. The first-order valence-corrected chi connectivity index (χ1v) is 13.5. The van der Waals surface area contributed by atoms with Crippen molar-refractivity contribution in [1.29, 1.82) is 0 Å². The van der Waals surface area contributed by atoms with Crippen molar-refractivity contribution in [3.8, 4) is 0 Å². The van der Waals surface area contributed by atoms with Gasteiger partial charge in [-0.25, -0.2) is 0 Å². The molecule has 1 nitrogen and oxygen atoms in total. The van der Waals surface area contributed by atoms with Crippen molar-refractivity contribution in [1.82, 2.24) is 0 Å². The molecule has 0 saturated carbocycles. The number of thiol groups is 1. The molecular formula is C14H16MoOPS2. The van der Waals surface area contributed by atoms with Gasteiger partial charge in [0.25, 0.3) is 0 Å². The molecule has 0 spiro atoms. The third-order valence-corrected chi connectivity index (χ3v) is 14.2. The SMILES string of the molecule is O[P](S)([Mo])=S(Cc1ccccc1)Cc1ccccc1. The maximum absolute atomic E-state index is 10.4. The predicted molar refractivity (Wildman–Crippen MR) is 85.8 cm³/mol. The van der Waals surface area contributed by atoms with Crippen molar-refractivity contribution in [2.75, 3.05) is 0 Å². The van der Waals surface area contributed by atoms with Gasteiger partial charge in [0.15, 0.2) is 0 Å². The van der Waals surface area contributed by atoms with Crippen LogP contribution in [0.2, 0.25) is 0 Å². The number of rotatable bonds is 4. The number of hydrogen-bond acceptors (Lipinski definition) is 0. The second-order valence-corrected chi connectivity index (χ2v) is 20.3. The topological polar surface area (TPSA) is 20.2 Å². The molecule has 0 amide bonds. The zero-order valence-corrected chi connectivity index (χ0v) is 15.0. The molecule has 0 aliphatic heterocycles. The fraction of sp³-hybridized carbons (Fsp3) is 0.143. The van der Waals surface area contributed by atoms with Crippen LogP contribution < -0.4 is 0 Å². The van der Waals surface area contributed by atoms with E-state index in [1.54, 1.807) is 0 Å². The molecule has 0 heterocycles. The maximum atomic E-state index is 10.4. The Labute approximate surface area is 133 Å². The molecule has 0 radical (unpaired) electrons.